The van der Waals surface area contributed by atoms with Crippen molar-refractivity contribution >= 4 is 56.5 Å². The van der Waals surface area contributed by atoms with Gasteiger partial charge in [0.2, 0.25) is 5.91 Å². The van der Waals surface area contributed by atoms with E-state index >= 15 is 0 Å². The molecule has 10 heteroatoms. The van der Waals surface area contributed by atoms with Crippen LogP contribution in [0.1, 0.15) is 18.1 Å². The molecule has 1 aliphatic rings. The molecule has 0 radical (unpaired) electrons. The Morgan fingerprint density at radius 2 is 1.76 bits per heavy atom. The average molecular weight is 597 g/mol. The third-order valence-corrected chi connectivity index (χ3v) is 7.03. The van der Waals surface area contributed by atoms with E-state index < -0.39 is 23.6 Å². The topological polar surface area (TPSA) is 94.2 Å². The molecule has 0 aromatic heterocycles. The number of nitrogens with one attached hydrogen (secondary N) is 1. The van der Waals surface area contributed by atoms with E-state index in [4.69, 9.17) is 14.2 Å². The number of benzene rings is 3. The predicted octanol–water partition coefficient (Wildman–Crippen LogP) is 6.11. The molecular weight excluding hydrogens is 572 g/mol. The highest BCUT2D eigenvalue weighted by Gasteiger charge is 2.36. The fourth-order valence-electron chi connectivity index (χ4n) is 3.59. The maximum absolute atomic E-state index is 13.0. The number of rotatable bonds is 10. The van der Waals surface area contributed by atoms with Crippen LogP contribution in [0.2, 0.25) is 0 Å². The third-order valence-electron chi connectivity index (χ3n) is 5.43. The molecule has 4 rings (SSSR count). The van der Waals surface area contributed by atoms with Crippen LogP contribution in [0, 0.1) is 0 Å². The normalized spacial score (nSPS) is 14.1. The number of nitrogens with zero attached hydrogens (tertiary/aromatic N) is 1. The third kappa shape index (κ3) is 6.76. The largest absolute Gasteiger partial charge is 0.494 e. The molecule has 0 bridgehead atoms. The first kappa shape index (κ1) is 27.3. The molecule has 1 aliphatic heterocycles. The van der Waals surface area contributed by atoms with E-state index in [0.29, 0.717) is 46.2 Å². The van der Waals surface area contributed by atoms with Crippen LogP contribution in [0.3, 0.4) is 0 Å². The lowest BCUT2D eigenvalue weighted by molar-refractivity contribution is -0.127. The molecule has 0 atom stereocenters. The van der Waals surface area contributed by atoms with Gasteiger partial charge >= 0.3 is 0 Å². The van der Waals surface area contributed by atoms with E-state index in [9.17, 15) is 14.4 Å². The van der Waals surface area contributed by atoms with E-state index in [-0.39, 0.29) is 4.91 Å². The molecule has 0 unspecified atom stereocenters. The number of hydrogen-bond acceptors (Lipinski definition) is 7. The van der Waals surface area contributed by atoms with Crippen LogP contribution in [0.25, 0.3) is 6.08 Å². The minimum Gasteiger partial charge on any atom is -0.494 e. The molecule has 1 fully saturated rings. The van der Waals surface area contributed by atoms with Crippen molar-refractivity contribution in [2.24, 2.45) is 0 Å². The number of carbonyl (C=O) groups excluding carboxylic acids is 3. The summed E-state index contributed by atoms with van der Waals surface area (Å²) in [6.07, 6.45) is 1.59. The van der Waals surface area contributed by atoms with Crippen molar-refractivity contribution in [3.05, 3.63) is 87.2 Å². The number of carbonyl (C=O) groups is 3. The molecule has 1 saturated heterocycles. The summed E-state index contributed by atoms with van der Waals surface area (Å²) in [6.45, 7) is 2.38. The predicted molar refractivity (Wildman–Crippen MR) is 150 cm³/mol. The van der Waals surface area contributed by atoms with Crippen molar-refractivity contribution in [1.29, 1.82) is 0 Å². The number of ether oxygens (including phenoxy) is 3. The van der Waals surface area contributed by atoms with Gasteiger partial charge in [-0.1, -0.05) is 46.3 Å². The number of amides is 3. The first-order valence-electron chi connectivity index (χ1n) is 11.7. The monoisotopic (exact) mass is 596 g/mol. The van der Waals surface area contributed by atoms with Crippen molar-refractivity contribution in [1.82, 2.24) is 4.90 Å². The van der Waals surface area contributed by atoms with Crippen LogP contribution in [0.4, 0.5) is 10.5 Å². The van der Waals surface area contributed by atoms with Gasteiger partial charge in [-0.05, 0) is 72.3 Å². The van der Waals surface area contributed by atoms with Gasteiger partial charge in [-0.15, -0.1) is 0 Å². The van der Waals surface area contributed by atoms with Crippen LogP contribution in [-0.4, -0.2) is 42.2 Å². The summed E-state index contributed by atoms with van der Waals surface area (Å²) in [5.74, 6) is 0.654. The highest BCUT2D eigenvalue weighted by Crippen LogP contribution is 2.38. The summed E-state index contributed by atoms with van der Waals surface area (Å²) < 4.78 is 17.5. The van der Waals surface area contributed by atoms with Crippen LogP contribution in [0.15, 0.2) is 76.1 Å². The molecule has 0 spiro atoms. The van der Waals surface area contributed by atoms with Gasteiger partial charge in [0, 0.05) is 10.2 Å². The maximum Gasteiger partial charge on any atom is 0.294 e. The molecule has 0 saturated carbocycles. The van der Waals surface area contributed by atoms with Gasteiger partial charge in [0.1, 0.15) is 18.9 Å². The summed E-state index contributed by atoms with van der Waals surface area (Å²) in [5, 5.41) is 2.17. The Kier molecular flexibility index (Phi) is 9.09. The number of anilines is 1. The van der Waals surface area contributed by atoms with Crippen LogP contribution >= 0.6 is 27.7 Å². The Labute approximate surface area is 233 Å². The van der Waals surface area contributed by atoms with Crippen molar-refractivity contribution in [3.63, 3.8) is 0 Å². The maximum atomic E-state index is 13.0. The molecule has 3 aromatic rings. The van der Waals surface area contributed by atoms with E-state index in [1.165, 1.54) is 7.11 Å². The second kappa shape index (κ2) is 12.7. The number of thioether (sulfide) groups is 1. The molecular formula is C28H25BrN2O6S. The van der Waals surface area contributed by atoms with Crippen molar-refractivity contribution in [2.45, 2.75) is 13.5 Å². The first-order valence-corrected chi connectivity index (χ1v) is 13.3. The molecule has 3 amide bonds. The number of hydrogen-bond donors (Lipinski definition) is 1. The molecule has 1 N–H and O–H groups in total. The number of halogens is 1. The van der Waals surface area contributed by atoms with E-state index in [1.54, 1.807) is 42.5 Å². The van der Waals surface area contributed by atoms with Gasteiger partial charge in [-0.2, -0.15) is 0 Å². The highest BCUT2D eigenvalue weighted by molar-refractivity contribution is 9.10. The van der Waals surface area contributed by atoms with Crippen molar-refractivity contribution in [2.75, 3.05) is 25.6 Å². The van der Waals surface area contributed by atoms with Gasteiger partial charge in [-0.25, -0.2) is 0 Å². The SMILES string of the molecule is CCOc1ccc(NC(=O)CN2C(=O)S/C(=C/c3cc(OC)c(OCc4ccccc4)cc3Br)C2=O)cc1. The Balaban J connectivity index is 1.43. The summed E-state index contributed by atoms with van der Waals surface area (Å²) in [6, 6.07) is 20.0. The van der Waals surface area contributed by atoms with Crippen molar-refractivity contribution < 1.29 is 28.6 Å². The second-order valence-electron chi connectivity index (χ2n) is 8.07. The zero-order valence-corrected chi connectivity index (χ0v) is 23.1. The minimum atomic E-state index is -0.544. The summed E-state index contributed by atoms with van der Waals surface area (Å²) in [4.78, 5) is 39.1. The summed E-state index contributed by atoms with van der Waals surface area (Å²) in [5.41, 5.74) is 2.17. The van der Waals surface area contributed by atoms with Crippen LogP contribution in [0.5, 0.6) is 17.2 Å². The van der Waals surface area contributed by atoms with Gasteiger partial charge in [0.15, 0.2) is 11.5 Å². The summed E-state index contributed by atoms with van der Waals surface area (Å²) in [7, 11) is 1.53. The van der Waals surface area contributed by atoms with E-state index in [0.717, 1.165) is 22.2 Å². The van der Waals surface area contributed by atoms with Gasteiger partial charge in [0.25, 0.3) is 11.1 Å². The van der Waals surface area contributed by atoms with Gasteiger partial charge < -0.3 is 19.5 Å². The number of imide groups is 1. The Morgan fingerprint density at radius 3 is 2.45 bits per heavy atom. The molecule has 1 heterocycles. The van der Waals surface area contributed by atoms with Crippen molar-refractivity contribution in [3.8, 4) is 17.2 Å². The standard InChI is InChI=1S/C28H25BrN2O6S/c1-3-36-21-11-9-20(10-12-21)30-26(32)16-31-27(33)25(38-28(31)34)14-19-13-23(35-2)24(15-22(19)29)37-17-18-7-5-4-6-8-18/h4-15H,3,16-17H2,1-2H3,(H,30,32)/b25-14+. The van der Waals surface area contributed by atoms with E-state index in [2.05, 4.69) is 21.2 Å². The second-order valence-corrected chi connectivity index (χ2v) is 9.92. The van der Waals surface area contributed by atoms with Crippen LogP contribution < -0.4 is 19.5 Å². The fourth-order valence-corrected chi connectivity index (χ4v) is 4.86. The lowest BCUT2D eigenvalue weighted by Gasteiger charge is -2.13. The Bertz CT molecular complexity index is 1360. The average Bonchev–Trinajstić information content (AvgIpc) is 3.17. The smallest absolute Gasteiger partial charge is 0.294 e. The molecule has 38 heavy (non-hydrogen) atoms. The zero-order valence-electron chi connectivity index (χ0n) is 20.7. The Morgan fingerprint density at radius 1 is 1.03 bits per heavy atom. The van der Waals surface area contributed by atoms with Gasteiger partial charge in [0.05, 0.1) is 18.6 Å². The number of methoxy groups -OCH3 is 1. The molecule has 8 nitrogen and oxygen atoms in total. The molecule has 3 aromatic carbocycles. The zero-order chi connectivity index (χ0) is 27.1. The molecule has 0 aliphatic carbocycles. The minimum absolute atomic E-state index is 0.199. The highest BCUT2D eigenvalue weighted by atomic mass is 79.9. The Hall–Kier alpha value is -3.76. The summed E-state index contributed by atoms with van der Waals surface area (Å²) >= 11 is 4.29. The lowest BCUT2D eigenvalue weighted by atomic mass is 10.1. The van der Waals surface area contributed by atoms with Crippen LogP contribution in [-0.2, 0) is 16.2 Å². The van der Waals surface area contributed by atoms with Gasteiger partial charge in [-0.3, -0.25) is 19.3 Å². The lowest BCUT2D eigenvalue weighted by Crippen LogP contribution is -2.36. The fraction of sp³-hybridized carbons (Fsp3) is 0.179. The van der Waals surface area contributed by atoms with E-state index in [1.807, 2.05) is 37.3 Å². The quantitative estimate of drug-likeness (QED) is 0.282. The molecule has 196 valence electrons. The first-order chi connectivity index (χ1) is 18.4.